The van der Waals surface area contributed by atoms with E-state index in [4.69, 9.17) is 4.74 Å². The van der Waals surface area contributed by atoms with Gasteiger partial charge in [0.05, 0.1) is 0 Å². The molecule has 1 aromatic carbocycles. The maximum Gasteiger partial charge on any atom is 0.165 e. The molecule has 2 rings (SSSR count). The van der Waals surface area contributed by atoms with Crippen LogP contribution in [0.15, 0.2) is 24.3 Å². The summed E-state index contributed by atoms with van der Waals surface area (Å²) >= 11 is 0. The second-order valence-electron chi connectivity index (χ2n) is 3.87. The number of nitrogens with zero attached hydrogens (tertiary/aromatic N) is 1. The number of nitrogens with one attached hydrogen (secondary N) is 1. The largest absolute Gasteiger partial charge is 0.489 e. The SMILES string of the molecule is Cl.Cl.Fc1ccccc1OCCN1CCNCC1. The summed E-state index contributed by atoms with van der Waals surface area (Å²) in [4.78, 5) is 2.32. The minimum absolute atomic E-state index is 0. The van der Waals surface area contributed by atoms with E-state index in [1.807, 2.05) is 0 Å². The quantitative estimate of drug-likeness (QED) is 0.919. The molecular formula is C12H19Cl2FN2O. The van der Waals surface area contributed by atoms with Crippen molar-refractivity contribution in [3.63, 3.8) is 0 Å². The lowest BCUT2D eigenvalue weighted by Gasteiger charge is -2.26. The van der Waals surface area contributed by atoms with Gasteiger partial charge in [-0.25, -0.2) is 4.39 Å². The van der Waals surface area contributed by atoms with E-state index in [-0.39, 0.29) is 30.6 Å². The summed E-state index contributed by atoms with van der Waals surface area (Å²) in [5, 5.41) is 3.29. The van der Waals surface area contributed by atoms with Crippen LogP contribution < -0.4 is 10.1 Å². The smallest absolute Gasteiger partial charge is 0.165 e. The summed E-state index contributed by atoms with van der Waals surface area (Å²) in [6, 6.07) is 6.52. The first kappa shape index (κ1) is 17.4. The van der Waals surface area contributed by atoms with E-state index >= 15 is 0 Å². The fourth-order valence-corrected chi connectivity index (χ4v) is 1.78. The van der Waals surface area contributed by atoms with Crippen LogP contribution in [0.1, 0.15) is 0 Å². The predicted octanol–water partition coefficient (Wildman–Crippen LogP) is 1.95. The Hall–Kier alpha value is -0.550. The molecule has 1 heterocycles. The highest BCUT2D eigenvalue weighted by Gasteiger charge is 2.09. The van der Waals surface area contributed by atoms with Crippen molar-refractivity contribution in [1.82, 2.24) is 10.2 Å². The molecular weight excluding hydrogens is 278 g/mol. The van der Waals surface area contributed by atoms with Crippen molar-refractivity contribution >= 4 is 24.8 Å². The van der Waals surface area contributed by atoms with Crippen LogP contribution >= 0.6 is 24.8 Å². The molecule has 6 heteroatoms. The summed E-state index contributed by atoms with van der Waals surface area (Å²) in [5.74, 6) is 0.0560. The summed E-state index contributed by atoms with van der Waals surface area (Å²) < 4.78 is 18.6. The van der Waals surface area contributed by atoms with E-state index in [9.17, 15) is 4.39 Å². The Morgan fingerprint density at radius 3 is 2.50 bits per heavy atom. The van der Waals surface area contributed by atoms with E-state index < -0.39 is 0 Å². The molecule has 0 atom stereocenters. The molecule has 1 N–H and O–H groups in total. The molecule has 1 aliphatic rings. The molecule has 18 heavy (non-hydrogen) atoms. The monoisotopic (exact) mass is 296 g/mol. The average molecular weight is 297 g/mol. The summed E-state index contributed by atoms with van der Waals surface area (Å²) in [7, 11) is 0. The molecule has 0 spiro atoms. The van der Waals surface area contributed by atoms with Gasteiger partial charge in [0, 0.05) is 32.7 Å². The number of ether oxygens (including phenoxy) is 1. The highest BCUT2D eigenvalue weighted by Crippen LogP contribution is 2.14. The van der Waals surface area contributed by atoms with Gasteiger partial charge in [-0.3, -0.25) is 4.90 Å². The zero-order valence-electron chi connectivity index (χ0n) is 10.1. The second kappa shape index (κ2) is 9.39. The van der Waals surface area contributed by atoms with Gasteiger partial charge >= 0.3 is 0 Å². The van der Waals surface area contributed by atoms with Crippen LogP contribution in [0, 0.1) is 5.82 Å². The molecule has 0 unspecified atom stereocenters. The number of halogens is 3. The molecule has 1 fully saturated rings. The summed E-state index contributed by atoms with van der Waals surface area (Å²) in [5.41, 5.74) is 0. The van der Waals surface area contributed by atoms with Crippen molar-refractivity contribution in [2.24, 2.45) is 0 Å². The number of rotatable bonds is 4. The van der Waals surface area contributed by atoms with Gasteiger partial charge in [-0.15, -0.1) is 24.8 Å². The Labute approximate surface area is 120 Å². The Morgan fingerprint density at radius 2 is 1.83 bits per heavy atom. The normalized spacial score (nSPS) is 15.4. The standard InChI is InChI=1S/C12H17FN2O.2ClH/c13-11-3-1-2-4-12(11)16-10-9-15-7-5-14-6-8-15;;/h1-4,14H,5-10H2;2*1H. The third kappa shape index (κ3) is 5.40. The summed E-state index contributed by atoms with van der Waals surface area (Å²) in [6.07, 6.45) is 0. The highest BCUT2D eigenvalue weighted by atomic mass is 35.5. The van der Waals surface area contributed by atoms with Crippen molar-refractivity contribution < 1.29 is 9.13 Å². The van der Waals surface area contributed by atoms with Crippen LogP contribution in [-0.2, 0) is 0 Å². The Bertz CT molecular complexity index is 336. The van der Waals surface area contributed by atoms with Gasteiger partial charge in [-0.1, -0.05) is 12.1 Å². The zero-order chi connectivity index (χ0) is 11.2. The third-order valence-electron chi connectivity index (χ3n) is 2.71. The van der Waals surface area contributed by atoms with Crippen molar-refractivity contribution in [2.75, 3.05) is 39.3 Å². The maximum absolute atomic E-state index is 13.2. The average Bonchev–Trinajstić information content (AvgIpc) is 2.33. The highest BCUT2D eigenvalue weighted by molar-refractivity contribution is 5.85. The molecule has 3 nitrogen and oxygen atoms in total. The van der Waals surface area contributed by atoms with Gasteiger partial charge in [0.1, 0.15) is 6.61 Å². The van der Waals surface area contributed by atoms with Crippen molar-refractivity contribution in [3.8, 4) is 5.75 Å². The van der Waals surface area contributed by atoms with Crippen LogP contribution in [-0.4, -0.2) is 44.2 Å². The number of hydrogen-bond acceptors (Lipinski definition) is 3. The predicted molar refractivity (Wildman–Crippen MR) is 75.7 cm³/mol. The Kier molecular flexibility index (Phi) is 9.10. The first-order valence-corrected chi connectivity index (χ1v) is 5.66. The number of benzene rings is 1. The van der Waals surface area contributed by atoms with Crippen molar-refractivity contribution in [3.05, 3.63) is 30.1 Å². The van der Waals surface area contributed by atoms with E-state index in [1.54, 1.807) is 18.2 Å². The van der Waals surface area contributed by atoms with Crippen molar-refractivity contribution in [2.45, 2.75) is 0 Å². The van der Waals surface area contributed by atoms with Crippen LogP contribution in [0.25, 0.3) is 0 Å². The fraction of sp³-hybridized carbons (Fsp3) is 0.500. The zero-order valence-corrected chi connectivity index (χ0v) is 11.7. The summed E-state index contributed by atoms with van der Waals surface area (Å²) in [6.45, 7) is 5.54. The van der Waals surface area contributed by atoms with Crippen LogP contribution in [0.5, 0.6) is 5.75 Å². The Balaban J connectivity index is 0.00000144. The van der Waals surface area contributed by atoms with Crippen LogP contribution in [0.3, 0.4) is 0 Å². The molecule has 1 aliphatic heterocycles. The maximum atomic E-state index is 13.2. The first-order valence-electron chi connectivity index (χ1n) is 5.66. The lowest BCUT2D eigenvalue weighted by Crippen LogP contribution is -2.44. The van der Waals surface area contributed by atoms with E-state index in [2.05, 4.69) is 10.2 Å². The first-order chi connectivity index (χ1) is 7.86. The minimum Gasteiger partial charge on any atom is -0.489 e. The molecule has 0 radical (unpaired) electrons. The van der Waals surface area contributed by atoms with Crippen LogP contribution in [0.2, 0.25) is 0 Å². The lowest BCUT2D eigenvalue weighted by atomic mass is 10.3. The molecule has 0 bridgehead atoms. The van der Waals surface area contributed by atoms with Gasteiger partial charge < -0.3 is 10.1 Å². The van der Waals surface area contributed by atoms with Gasteiger partial charge in [-0.2, -0.15) is 0 Å². The topological polar surface area (TPSA) is 24.5 Å². The van der Waals surface area contributed by atoms with E-state index in [1.165, 1.54) is 6.07 Å². The fourth-order valence-electron chi connectivity index (χ4n) is 1.78. The number of piperazine rings is 1. The van der Waals surface area contributed by atoms with Gasteiger partial charge in [0.15, 0.2) is 11.6 Å². The molecule has 0 aliphatic carbocycles. The number of para-hydroxylation sites is 1. The molecule has 0 amide bonds. The van der Waals surface area contributed by atoms with Gasteiger partial charge in [0.2, 0.25) is 0 Å². The second-order valence-corrected chi connectivity index (χ2v) is 3.87. The third-order valence-corrected chi connectivity index (χ3v) is 2.71. The lowest BCUT2D eigenvalue weighted by molar-refractivity contribution is 0.188. The van der Waals surface area contributed by atoms with Crippen LogP contribution in [0.4, 0.5) is 4.39 Å². The molecule has 1 saturated heterocycles. The molecule has 1 aromatic rings. The minimum atomic E-state index is -0.289. The van der Waals surface area contributed by atoms with E-state index in [0.29, 0.717) is 12.4 Å². The number of hydrogen-bond donors (Lipinski definition) is 1. The van der Waals surface area contributed by atoms with Crippen molar-refractivity contribution in [1.29, 1.82) is 0 Å². The van der Waals surface area contributed by atoms with E-state index in [0.717, 1.165) is 32.7 Å². The Morgan fingerprint density at radius 1 is 1.17 bits per heavy atom. The van der Waals surface area contributed by atoms with Gasteiger partial charge in [-0.05, 0) is 12.1 Å². The molecule has 104 valence electrons. The van der Waals surface area contributed by atoms with Gasteiger partial charge in [0.25, 0.3) is 0 Å². The molecule has 0 aromatic heterocycles. The molecule has 0 saturated carbocycles.